The number of benzene rings is 1. The van der Waals surface area contributed by atoms with Crippen molar-refractivity contribution in [1.29, 1.82) is 0 Å². The maximum Gasteiger partial charge on any atom is 0.335 e. The standard InChI is InChI=1S/C28H46O5S/c1-2-3-4-5-6-7-8-9-10-11-12-13-14-15-16-17-18-19-20-21-28(29)33-26-22-24-27(25-23-26)34(30,31)32/h20-25H,2-19H2,1H3,(H,30,31,32). The Morgan fingerprint density at radius 3 is 1.56 bits per heavy atom. The minimum absolute atomic E-state index is 0.235. The van der Waals surface area contributed by atoms with Gasteiger partial charge in [0.25, 0.3) is 10.1 Å². The molecule has 194 valence electrons. The zero-order chi connectivity index (χ0) is 24.9. The molecule has 0 atom stereocenters. The zero-order valence-electron chi connectivity index (χ0n) is 21.2. The van der Waals surface area contributed by atoms with Crippen LogP contribution in [0.2, 0.25) is 0 Å². The van der Waals surface area contributed by atoms with E-state index in [-0.39, 0.29) is 10.6 Å². The van der Waals surface area contributed by atoms with Gasteiger partial charge in [0, 0.05) is 6.08 Å². The summed E-state index contributed by atoms with van der Waals surface area (Å²) in [5.74, 6) is -0.258. The summed E-state index contributed by atoms with van der Waals surface area (Å²) in [6.07, 6.45) is 27.0. The molecule has 0 aliphatic heterocycles. The number of carbonyl (C=O) groups excluding carboxylic acids is 1. The molecule has 0 radical (unpaired) electrons. The quantitative estimate of drug-likeness (QED) is 0.0609. The fraction of sp³-hybridized carbons (Fsp3) is 0.679. The highest BCUT2D eigenvalue weighted by Gasteiger charge is 2.09. The number of hydrogen-bond acceptors (Lipinski definition) is 4. The molecule has 0 fully saturated rings. The van der Waals surface area contributed by atoms with E-state index >= 15 is 0 Å². The fourth-order valence-corrected chi connectivity index (χ4v) is 4.48. The van der Waals surface area contributed by atoms with E-state index in [9.17, 15) is 13.2 Å². The van der Waals surface area contributed by atoms with Crippen molar-refractivity contribution in [3.05, 3.63) is 36.4 Å². The van der Waals surface area contributed by atoms with Crippen molar-refractivity contribution >= 4 is 16.1 Å². The maximum atomic E-state index is 11.8. The molecule has 6 heteroatoms. The van der Waals surface area contributed by atoms with Crippen LogP contribution in [0.15, 0.2) is 41.3 Å². The van der Waals surface area contributed by atoms with Crippen molar-refractivity contribution in [3.8, 4) is 5.75 Å². The first-order valence-corrected chi connectivity index (χ1v) is 14.8. The van der Waals surface area contributed by atoms with Gasteiger partial charge < -0.3 is 4.74 Å². The molecule has 34 heavy (non-hydrogen) atoms. The summed E-state index contributed by atoms with van der Waals surface area (Å²) < 4.78 is 36.1. The van der Waals surface area contributed by atoms with E-state index in [2.05, 4.69) is 6.92 Å². The molecule has 0 heterocycles. The molecule has 1 aromatic rings. The van der Waals surface area contributed by atoms with Crippen LogP contribution in [-0.4, -0.2) is 18.9 Å². The third-order valence-corrected chi connectivity index (χ3v) is 6.94. The second-order valence-electron chi connectivity index (χ2n) is 9.22. The van der Waals surface area contributed by atoms with E-state index in [4.69, 9.17) is 9.29 Å². The molecule has 0 spiro atoms. The van der Waals surface area contributed by atoms with Crippen molar-refractivity contribution in [2.24, 2.45) is 0 Å². The molecule has 0 unspecified atom stereocenters. The van der Waals surface area contributed by atoms with Gasteiger partial charge in [-0.1, -0.05) is 116 Å². The summed E-state index contributed by atoms with van der Waals surface area (Å²) >= 11 is 0. The van der Waals surface area contributed by atoms with Crippen molar-refractivity contribution in [1.82, 2.24) is 0 Å². The Hall–Kier alpha value is -1.66. The molecule has 0 aromatic heterocycles. The number of ether oxygens (including phenoxy) is 1. The first-order chi connectivity index (χ1) is 16.4. The highest BCUT2D eigenvalue weighted by Crippen LogP contribution is 2.16. The van der Waals surface area contributed by atoms with Gasteiger partial charge in [-0.25, -0.2) is 4.79 Å². The van der Waals surface area contributed by atoms with Crippen LogP contribution in [0.4, 0.5) is 0 Å². The van der Waals surface area contributed by atoms with E-state index in [0.717, 1.165) is 12.8 Å². The minimum Gasteiger partial charge on any atom is -0.423 e. The molecular formula is C28H46O5S. The highest BCUT2D eigenvalue weighted by molar-refractivity contribution is 7.85. The van der Waals surface area contributed by atoms with Crippen LogP contribution in [0.3, 0.4) is 0 Å². The lowest BCUT2D eigenvalue weighted by Gasteiger charge is -2.03. The van der Waals surface area contributed by atoms with Crippen molar-refractivity contribution in [2.75, 3.05) is 0 Å². The van der Waals surface area contributed by atoms with E-state index in [1.807, 2.05) is 6.08 Å². The molecule has 0 amide bonds. The molecule has 1 aromatic carbocycles. The molecule has 0 saturated carbocycles. The molecular weight excluding hydrogens is 448 g/mol. The van der Waals surface area contributed by atoms with Crippen LogP contribution in [0.25, 0.3) is 0 Å². The average Bonchev–Trinajstić information content (AvgIpc) is 2.80. The number of carbonyl (C=O) groups is 1. The van der Waals surface area contributed by atoms with Gasteiger partial charge in [-0.05, 0) is 37.1 Å². The smallest absolute Gasteiger partial charge is 0.335 e. The van der Waals surface area contributed by atoms with Crippen molar-refractivity contribution < 1.29 is 22.5 Å². The van der Waals surface area contributed by atoms with Crippen LogP contribution < -0.4 is 4.74 Å². The van der Waals surface area contributed by atoms with Crippen molar-refractivity contribution in [3.63, 3.8) is 0 Å². The third kappa shape index (κ3) is 16.9. The van der Waals surface area contributed by atoms with Crippen LogP contribution >= 0.6 is 0 Å². The van der Waals surface area contributed by atoms with Gasteiger partial charge in [0.2, 0.25) is 0 Å². The SMILES string of the molecule is CCCCCCCCCCCCCCCCCCCC=CC(=O)Oc1ccc(S(=O)(=O)O)cc1. The number of hydrogen-bond donors (Lipinski definition) is 1. The summed E-state index contributed by atoms with van der Waals surface area (Å²) in [5, 5.41) is 0. The molecule has 0 aliphatic rings. The second-order valence-corrected chi connectivity index (χ2v) is 10.6. The van der Waals surface area contributed by atoms with E-state index in [1.54, 1.807) is 0 Å². The number of rotatable bonds is 21. The monoisotopic (exact) mass is 494 g/mol. The lowest BCUT2D eigenvalue weighted by atomic mass is 10.0. The normalized spacial score (nSPS) is 11.8. The van der Waals surface area contributed by atoms with Crippen molar-refractivity contribution in [2.45, 2.75) is 127 Å². The fourth-order valence-electron chi connectivity index (χ4n) is 4.00. The molecule has 0 bridgehead atoms. The summed E-state index contributed by atoms with van der Waals surface area (Å²) in [7, 11) is -4.24. The largest absolute Gasteiger partial charge is 0.423 e. The molecule has 0 aliphatic carbocycles. The van der Waals surface area contributed by atoms with Crippen LogP contribution in [-0.2, 0) is 14.9 Å². The molecule has 1 rings (SSSR count). The lowest BCUT2D eigenvalue weighted by Crippen LogP contribution is -2.04. The Labute approximate surface area is 208 Å². The van der Waals surface area contributed by atoms with Gasteiger partial charge in [0.15, 0.2) is 0 Å². The first-order valence-electron chi connectivity index (χ1n) is 13.4. The van der Waals surface area contributed by atoms with Crippen LogP contribution in [0, 0.1) is 0 Å². The predicted molar refractivity (Wildman–Crippen MR) is 140 cm³/mol. The number of esters is 1. The number of allylic oxidation sites excluding steroid dienone is 1. The summed E-state index contributed by atoms with van der Waals surface area (Å²) in [6.45, 7) is 2.27. The molecule has 0 saturated heterocycles. The van der Waals surface area contributed by atoms with Gasteiger partial charge in [-0.3, -0.25) is 4.55 Å². The van der Waals surface area contributed by atoms with E-state index in [1.165, 1.54) is 133 Å². The first kappa shape index (κ1) is 30.4. The summed E-state index contributed by atoms with van der Waals surface area (Å²) in [6, 6.07) is 5.06. The Morgan fingerprint density at radius 2 is 1.15 bits per heavy atom. The Morgan fingerprint density at radius 1 is 0.735 bits per heavy atom. The second kappa shape index (κ2) is 19.6. The summed E-state index contributed by atoms with van der Waals surface area (Å²) in [5.41, 5.74) is 0. The number of unbranched alkanes of at least 4 members (excludes halogenated alkanes) is 17. The van der Waals surface area contributed by atoms with Crippen LogP contribution in [0.1, 0.15) is 122 Å². The molecule has 5 nitrogen and oxygen atoms in total. The van der Waals surface area contributed by atoms with Gasteiger partial charge in [-0.2, -0.15) is 8.42 Å². The zero-order valence-corrected chi connectivity index (χ0v) is 22.0. The maximum absolute atomic E-state index is 11.8. The van der Waals surface area contributed by atoms with Gasteiger partial charge in [0.05, 0.1) is 4.90 Å². The Kier molecular flexibility index (Phi) is 17.5. The van der Waals surface area contributed by atoms with Gasteiger partial charge in [-0.15, -0.1) is 0 Å². The molecule has 1 N–H and O–H groups in total. The summed E-state index contributed by atoms with van der Waals surface area (Å²) in [4.78, 5) is 11.6. The Bertz CT molecular complexity index is 768. The lowest BCUT2D eigenvalue weighted by molar-refractivity contribution is -0.129. The Balaban J connectivity index is 1.89. The highest BCUT2D eigenvalue weighted by atomic mass is 32.2. The topological polar surface area (TPSA) is 80.7 Å². The van der Waals surface area contributed by atoms with E-state index in [0.29, 0.717) is 0 Å². The average molecular weight is 495 g/mol. The van der Waals surface area contributed by atoms with E-state index < -0.39 is 16.1 Å². The van der Waals surface area contributed by atoms with Gasteiger partial charge in [0.1, 0.15) is 5.75 Å². The minimum atomic E-state index is -4.24. The predicted octanol–water partition coefficient (Wildman–Crippen LogP) is 8.44. The van der Waals surface area contributed by atoms with Crippen LogP contribution in [0.5, 0.6) is 5.75 Å². The third-order valence-electron chi connectivity index (χ3n) is 6.07. The van der Waals surface area contributed by atoms with Gasteiger partial charge >= 0.3 is 5.97 Å².